The van der Waals surface area contributed by atoms with Crippen molar-refractivity contribution in [2.75, 3.05) is 0 Å². The summed E-state index contributed by atoms with van der Waals surface area (Å²) in [6, 6.07) is 0. The van der Waals surface area contributed by atoms with Gasteiger partial charge in [0, 0.05) is 6.08 Å². The third kappa shape index (κ3) is 6.58. The third-order valence-corrected chi connectivity index (χ3v) is 0.963. The van der Waals surface area contributed by atoms with E-state index in [1.165, 1.54) is 6.08 Å². The van der Waals surface area contributed by atoms with Gasteiger partial charge in [-0.2, -0.15) is 0 Å². The van der Waals surface area contributed by atoms with Crippen LogP contribution in [0.2, 0.25) is 0 Å². The molecule has 0 aliphatic carbocycles. The van der Waals surface area contributed by atoms with Crippen molar-refractivity contribution < 1.29 is 9.90 Å². The molecule has 0 aromatic rings. The second-order valence-corrected chi connectivity index (χ2v) is 2.41. The molecule has 0 aliphatic heterocycles. The van der Waals surface area contributed by atoms with Crippen LogP contribution in [0.15, 0.2) is 36.0 Å². The summed E-state index contributed by atoms with van der Waals surface area (Å²) < 4.78 is 0. The molecule has 0 saturated carbocycles. The molecule has 0 bridgehead atoms. The Balaban J connectivity index is 4.17. The van der Waals surface area contributed by atoms with Crippen molar-refractivity contribution >= 4 is 5.97 Å². The fourth-order valence-corrected chi connectivity index (χ4v) is 0.640. The Bertz CT molecular complexity index is 222. The van der Waals surface area contributed by atoms with E-state index < -0.39 is 5.97 Å². The highest BCUT2D eigenvalue weighted by atomic mass is 16.4. The molecule has 0 rings (SSSR count). The molecule has 0 radical (unpaired) electrons. The molecule has 0 fully saturated rings. The molecule has 0 aromatic carbocycles. The first-order chi connectivity index (χ1) is 5.02. The number of carboxylic acids is 1. The normalized spacial score (nSPS) is 12.0. The van der Waals surface area contributed by atoms with Crippen molar-refractivity contribution in [3.8, 4) is 0 Å². The highest BCUT2D eigenvalue weighted by Crippen LogP contribution is 1.99. The number of rotatable bonds is 3. The van der Waals surface area contributed by atoms with E-state index >= 15 is 0 Å². The predicted molar refractivity (Wildman–Crippen MR) is 45.3 cm³/mol. The van der Waals surface area contributed by atoms with Crippen molar-refractivity contribution in [1.82, 2.24) is 0 Å². The van der Waals surface area contributed by atoms with Gasteiger partial charge in [0.05, 0.1) is 0 Å². The Morgan fingerprint density at radius 3 is 2.27 bits per heavy atom. The predicted octanol–water partition coefficient (Wildman–Crippen LogP) is 2.15. The Labute approximate surface area is 66.5 Å². The molecular weight excluding hydrogens is 140 g/mol. The van der Waals surface area contributed by atoms with E-state index in [1.54, 1.807) is 0 Å². The minimum atomic E-state index is -0.931. The van der Waals surface area contributed by atoms with Gasteiger partial charge in [-0.05, 0) is 13.8 Å². The summed E-state index contributed by atoms with van der Waals surface area (Å²) in [5.41, 5.74) is 1.80. The summed E-state index contributed by atoms with van der Waals surface area (Å²) in [4.78, 5) is 10.1. The number of carboxylic acid groups (broad SMARTS) is 1. The van der Waals surface area contributed by atoms with Gasteiger partial charge in [-0.25, -0.2) is 4.79 Å². The Morgan fingerprint density at radius 2 is 1.91 bits per heavy atom. The van der Waals surface area contributed by atoms with Gasteiger partial charge in [0.15, 0.2) is 0 Å². The monoisotopic (exact) mass is 152 g/mol. The van der Waals surface area contributed by atoms with Gasteiger partial charge in [-0.15, -0.1) is 0 Å². The second-order valence-electron chi connectivity index (χ2n) is 2.41. The molecule has 1 N–H and O–H groups in total. The number of hydrogen-bond acceptors (Lipinski definition) is 1. The Kier molecular flexibility index (Phi) is 3.96. The molecule has 0 spiro atoms. The van der Waals surface area contributed by atoms with Crippen LogP contribution in [-0.4, -0.2) is 11.1 Å². The summed E-state index contributed by atoms with van der Waals surface area (Å²) in [5.74, 6) is -0.931. The SMILES string of the molecule is C=C(C)/C=C(C)/C=C/C(=O)O. The maximum absolute atomic E-state index is 10.1. The van der Waals surface area contributed by atoms with Gasteiger partial charge in [0.1, 0.15) is 0 Å². The van der Waals surface area contributed by atoms with Gasteiger partial charge in [0.2, 0.25) is 0 Å². The maximum atomic E-state index is 10.1. The van der Waals surface area contributed by atoms with Gasteiger partial charge >= 0.3 is 5.97 Å². The zero-order chi connectivity index (χ0) is 8.85. The number of hydrogen-bond donors (Lipinski definition) is 1. The van der Waals surface area contributed by atoms with Gasteiger partial charge in [0.25, 0.3) is 0 Å². The Hall–Kier alpha value is -1.31. The molecule has 0 saturated heterocycles. The van der Waals surface area contributed by atoms with Crippen LogP contribution in [0.25, 0.3) is 0 Å². The van der Waals surface area contributed by atoms with Crippen molar-refractivity contribution in [3.05, 3.63) is 36.0 Å². The van der Waals surface area contributed by atoms with Gasteiger partial charge in [-0.1, -0.05) is 29.9 Å². The molecule has 0 heterocycles. The number of carbonyl (C=O) groups is 1. The standard InChI is InChI=1S/C9H12O2/c1-7(2)6-8(3)4-5-9(10)11/h4-6H,1H2,2-3H3,(H,10,11)/b5-4+,8-6+. The molecule has 0 aliphatic rings. The van der Waals surface area contributed by atoms with Crippen LogP contribution >= 0.6 is 0 Å². The van der Waals surface area contributed by atoms with Gasteiger partial charge < -0.3 is 5.11 Å². The molecule has 0 atom stereocenters. The first kappa shape index (κ1) is 9.69. The average Bonchev–Trinajstić information content (AvgIpc) is 1.82. The summed E-state index contributed by atoms with van der Waals surface area (Å²) in [5, 5.41) is 8.26. The lowest BCUT2D eigenvalue weighted by atomic mass is 10.2. The van der Waals surface area contributed by atoms with Gasteiger partial charge in [-0.3, -0.25) is 0 Å². The summed E-state index contributed by atoms with van der Waals surface area (Å²) in [7, 11) is 0. The average molecular weight is 152 g/mol. The largest absolute Gasteiger partial charge is 0.478 e. The first-order valence-corrected chi connectivity index (χ1v) is 3.27. The first-order valence-electron chi connectivity index (χ1n) is 3.27. The summed E-state index contributed by atoms with van der Waals surface area (Å²) >= 11 is 0. The number of aliphatic carboxylic acids is 1. The van der Waals surface area contributed by atoms with E-state index in [-0.39, 0.29) is 0 Å². The van der Waals surface area contributed by atoms with E-state index in [2.05, 4.69) is 6.58 Å². The highest BCUT2D eigenvalue weighted by Gasteiger charge is 1.86. The van der Waals surface area contributed by atoms with Crippen LogP contribution in [0.3, 0.4) is 0 Å². The quantitative estimate of drug-likeness (QED) is 0.497. The van der Waals surface area contributed by atoms with Crippen LogP contribution in [0.4, 0.5) is 0 Å². The third-order valence-electron chi connectivity index (χ3n) is 0.963. The van der Waals surface area contributed by atoms with E-state index in [1.807, 2.05) is 19.9 Å². The molecule has 2 heteroatoms. The number of allylic oxidation sites excluding steroid dienone is 4. The maximum Gasteiger partial charge on any atom is 0.328 e. The molecular formula is C9H12O2. The molecule has 2 nitrogen and oxygen atoms in total. The zero-order valence-corrected chi connectivity index (χ0v) is 6.79. The van der Waals surface area contributed by atoms with Crippen LogP contribution in [0, 0.1) is 0 Å². The zero-order valence-electron chi connectivity index (χ0n) is 6.79. The van der Waals surface area contributed by atoms with E-state index in [9.17, 15) is 4.79 Å². The van der Waals surface area contributed by atoms with E-state index in [4.69, 9.17) is 5.11 Å². The molecule has 0 aromatic heterocycles. The van der Waals surface area contributed by atoms with Crippen LogP contribution < -0.4 is 0 Å². The highest BCUT2D eigenvalue weighted by molar-refractivity contribution is 5.80. The lowest BCUT2D eigenvalue weighted by Gasteiger charge is -1.89. The van der Waals surface area contributed by atoms with Crippen molar-refractivity contribution in [1.29, 1.82) is 0 Å². The second kappa shape index (κ2) is 4.50. The Morgan fingerprint density at radius 1 is 1.36 bits per heavy atom. The topological polar surface area (TPSA) is 37.3 Å². The minimum Gasteiger partial charge on any atom is -0.478 e. The van der Waals surface area contributed by atoms with E-state index in [0.29, 0.717) is 0 Å². The minimum absolute atomic E-state index is 0.889. The fourth-order valence-electron chi connectivity index (χ4n) is 0.640. The summed E-state index contributed by atoms with van der Waals surface area (Å²) in [6.45, 7) is 7.35. The molecule has 60 valence electrons. The van der Waals surface area contributed by atoms with Crippen molar-refractivity contribution in [2.45, 2.75) is 13.8 Å². The van der Waals surface area contributed by atoms with Crippen LogP contribution in [0.1, 0.15) is 13.8 Å². The molecule has 11 heavy (non-hydrogen) atoms. The van der Waals surface area contributed by atoms with Crippen molar-refractivity contribution in [2.24, 2.45) is 0 Å². The lowest BCUT2D eigenvalue weighted by molar-refractivity contribution is -0.131. The van der Waals surface area contributed by atoms with Crippen LogP contribution in [0.5, 0.6) is 0 Å². The molecule has 0 amide bonds. The molecule has 0 unspecified atom stereocenters. The van der Waals surface area contributed by atoms with Crippen LogP contribution in [-0.2, 0) is 4.79 Å². The fraction of sp³-hybridized carbons (Fsp3) is 0.222. The van der Waals surface area contributed by atoms with E-state index in [0.717, 1.165) is 17.2 Å². The lowest BCUT2D eigenvalue weighted by Crippen LogP contribution is -1.85. The smallest absolute Gasteiger partial charge is 0.328 e. The van der Waals surface area contributed by atoms with Crippen molar-refractivity contribution in [3.63, 3.8) is 0 Å². The summed E-state index contributed by atoms with van der Waals surface area (Å²) in [6.07, 6.45) is 4.46.